The van der Waals surface area contributed by atoms with Gasteiger partial charge in [-0.25, -0.2) is 9.78 Å². The van der Waals surface area contributed by atoms with E-state index in [0.717, 1.165) is 12.8 Å². The van der Waals surface area contributed by atoms with Crippen LogP contribution in [0.25, 0.3) is 0 Å². The SMILES string of the molecule is CC(C)(C)OC(=O)c1cc(Cl)nc(NC2CCCC2)c1. The molecule has 110 valence electrons. The van der Waals surface area contributed by atoms with Gasteiger partial charge in [0, 0.05) is 6.04 Å². The van der Waals surface area contributed by atoms with E-state index in [0.29, 0.717) is 22.6 Å². The van der Waals surface area contributed by atoms with Crippen molar-refractivity contribution in [3.63, 3.8) is 0 Å². The Labute approximate surface area is 124 Å². The van der Waals surface area contributed by atoms with Gasteiger partial charge in [0.1, 0.15) is 16.6 Å². The summed E-state index contributed by atoms with van der Waals surface area (Å²) >= 11 is 5.99. The van der Waals surface area contributed by atoms with Gasteiger partial charge in [-0.05, 0) is 45.7 Å². The number of nitrogens with one attached hydrogen (secondary N) is 1. The number of ether oxygens (including phenoxy) is 1. The first kappa shape index (κ1) is 15.1. The van der Waals surface area contributed by atoms with Crippen molar-refractivity contribution in [2.24, 2.45) is 0 Å². The molecule has 1 N–H and O–H groups in total. The minimum absolute atomic E-state index is 0.300. The lowest BCUT2D eigenvalue weighted by molar-refractivity contribution is 0.00694. The van der Waals surface area contributed by atoms with Crippen LogP contribution in [0.3, 0.4) is 0 Å². The second-order valence-electron chi connectivity index (χ2n) is 6.19. The summed E-state index contributed by atoms with van der Waals surface area (Å²) in [5.74, 6) is 0.265. The Hall–Kier alpha value is -1.29. The van der Waals surface area contributed by atoms with Crippen molar-refractivity contribution in [1.29, 1.82) is 0 Å². The van der Waals surface area contributed by atoms with E-state index in [1.807, 2.05) is 20.8 Å². The van der Waals surface area contributed by atoms with Crippen LogP contribution in [-0.4, -0.2) is 22.6 Å². The van der Waals surface area contributed by atoms with Crippen LogP contribution >= 0.6 is 11.6 Å². The van der Waals surface area contributed by atoms with Crippen molar-refractivity contribution in [3.8, 4) is 0 Å². The number of hydrogen-bond donors (Lipinski definition) is 1. The molecule has 2 rings (SSSR count). The third-order valence-electron chi connectivity index (χ3n) is 3.14. The third-order valence-corrected chi connectivity index (χ3v) is 3.33. The van der Waals surface area contributed by atoms with E-state index < -0.39 is 5.60 Å². The maximum absolute atomic E-state index is 12.1. The number of esters is 1. The lowest BCUT2D eigenvalue weighted by atomic mass is 10.2. The lowest BCUT2D eigenvalue weighted by Gasteiger charge is -2.20. The normalized spacial score (nSPS) is 16.2. The predicted octanol–water partition coefficient (Wildman–Crippen LogP) is 4.04. The number of rotatable bonds is 3. The van der Waals surface area contributed by atoms with Crippen molar-refractivity contribution >= 4 is 23.4 Å². The highest BCUT2D eigenvalue weighted by molar-refractivity contribution is 6.29. The zero-order valence-corrected chi connectivity index (χ0v) is 13.0. The fraction of sp³-hybridized carbons (Fsp3) is 0.600. The summed E-state index contributed by atoms with van der Waals surface area (Å²) < 4.78 is 5.35. The van der Waals surface area contributed by atoms with E-state index in [1.54, 1.807) is 6.07 Å². The first-order chi connectivity index (χ1) is 9.33. The first-order valence-electron chi connectivity index (χ1n) is 7.01. The summed E-state index contributed by atoms with van der Waals surface area (Å²) in [7, 11) is 0. The average Bonchev–Trinajstić information content (AvgIpc) is 2.78. The smallest absolute Gasteiger partial charge is 0.338 e. The van der Waals surface area contributed by atoms with Crippen molar-refractivity contribution < 1.29 is 9.53 Å². The number of hydrogen-bond acceptors (Lipinski definition) is 4. The molecule has 0 aliphatic heterocycles. The van der Waals surface area contributed by atoms with E-state index >= 15 is 0 Å². The number of halogens is 1. The summed E-state index contributed by atoms with van der Waals surface area (Å²) in [6.45, 7) is 5.52. The maximum Gasteiger partial charge on any atom is 0.338 e. The van der Waals surface area contributed by atoms with Crippen molar-refractivity contribution in [2.45, 2.75) is 58.1 Å². The van der Waals surface area contributed by atoms with Gasteiger partial charge >= 0.3 is 5.97 Å². The van der Waals surface area contributed by atoms with E-state index in [1.165, 1.54) is 18.9 Å². The summed E-state index contributed by atoms with van der Waals surface area (Å²) in [6.07, 6.45) is 4.74. The number of carbonyl (C=O) groups is 1. The highest BCUT2D eigenvalue weighted by Crippen LogP contribution is 2.24. The molecule has 0 atom stereocenters. The minimum atomic E-state index is -0.522. The molecule has 1 heterocycles. The molecule has 0 spiro atoms. The summed E-state index contributed by atoms with van der Waals surface area (Å²) in [6, 6.07) is 3.67. The molecule has 1 aliphatic carbocycles. The number of nitrogens with zero attached hydrogens (tertiary/aromatic N) is 1. The zero-order chi connectivity index (χ0) is 14.8. The Morgan fingerprint density at radius 2 is 2.00 bits per heavy atom. The van der Waals surface area contributed by atoms with Crippen LogP contribution in [0.1, 0.15) is 56.8 Å². The van der Waals surface area contributed by atoms with Crippen LogP contribution in [0.5, 0.6) is 0 Å². The second kappa shape index (κ2) is 6.00. The van der Waals surface area contributed by atoms with Gasteiger partial charge in [0.15, 0.2) is 0 Å². The van der Waals surface area contributed by atoms with Gasteiger partial charge in [0.25, 0.3) is 0 Å². The number of carbonyl (C=O) groups excluding carboxylic acids is 1. The monoisotopic (exact) mass is 296 g/mol. The molecule has 0 saturated heterocycles. The molecule has 1 fully saturated rings. The molecule has 0 amide bonds. The number of pyridine rings is 1. The molecule has 4 nitrogen and oxygen atoms in total. The van der Waals surface area contributed by atoms with E-state index in [4.69, 9.17) is 16.3 Å². The molecular weight excluding hydrogens is 276 g/mol. The molecule has 0 aromatic carbocycles. The molecular formula is C15H21ClN2O2. The quantitative estimate of drug-likeness (QED) is 0.675. The van der Waals surface area contributed by atoms with Gasteiger partial charge in [-0.3, -0.25) is 0 Å². The Kier molecular flexibility index (Phi) is 4.53. The van der Waals surface area contributed by atoms with Crippen LogP contribution in [-0.2, 0) is 4.74 Å². The Bertz CT molecular complexity index is 491. The standard InChI is InChI=1S/C15H21ClN2O2/c1-15(2,3)20-14(19)10-8-12(16)18-13(9-10)17-11-6-4-5-7-11/h8-9,11H,4-7H2,1-3H3,(H,17,18). The molecule has 0 unspecified atom stereocenters. The minimum Gasteiger partial charge on any atom is -0.456 e. The molecule has 0 bridgehead atoms. The van der Waals surface area contributed by atoms with Crippen molar-refractivity contribution in [3.05, 3.63) is 22.8 Å². The number of aromatic nitrogens is 1. The predicted molar refractivity (Wildman–Crippen MR) is 80.3 cm³/mol. The fourth-order valence-corrected chi connectivity index (χ4v) is 2.51. The Balaban J connectivity index is 2.13. The number of anilines is 1. The van der Waals surface area contributed by atoms with E-state index in [2.05, 4.69) is 10.3 Å². The van der Waals surface area contributed by atoms with E-state index in [-0.39, 0.29) is 5.97 Å². The summed E-state index contributed by atoms with van der Waals surface area (Å²) in [4.78, 5) is 16.3. The van der Waals surface area contributed by atoms with Crippen LogP contribution in [0.4, 0.5) is 5.82 Å². The second-order valence-corrected chi connectivity index (χ2v) is 6.58. The topological polar surface area (TPSA) is 51.2 Å². The molecule has 0 radical (unpaired) electrons. The van der Waals surface area contributed by atoms with Crippen molar-refractivity contribution in [2.75, 3.05) is 5.32 Å². The highest BCUT2D eigenvalue weighted by Gasteiger charge is 2.20. The fourth-order valence-electron chi connectivity index (χ4n) is 2.30. The Morgan fingerprint density at radius 1 is 1.35 bits per heavy atom. The maximum atomic E-state index is 12.1. The van der Waals surface area contributed by atoms with Crippen LogP contribution in [0.2, 0.25) is 5.15 Å². The summed E-state index contributed by atoms with van der Waals surface area (Å²) in [5.41, 5.74) is -0.0910. The van der Waals surface area contributed by atoms with Crippen molar-refractivity contribution in [1.82, 2.24) is 4.98 Å². The lowest BCUT2D eigenvalue weighted by Crippen LogP contribution is -2.24. The molecule has 1 aromatic heterocycles. The van der Waals surface area contributed by atoms with Gasteiger partial charge in [0.05, 0.1) is 5.56 Å². The molecule has 20 heavy (non-hydrogen) atoms. The largest absolute Gasteiger partial charge is 0.456 e. The third kappa shape index (κ3) is 4.37. The first-order valence-corrected chi connectivity index (χ1v) is 7.39. The molecule has 1 aliphatic rings. The van der Waals surface area contributed by atoms with E-state index in [9.17, 15) is 4.79 Å². The summed E-state index contributed by atoms with van der Waals surface area (Å²) in [5, 5.41) is 3.64. The molecule has 1 saturated carbocycles. The Morgan fingerprint density at radius 3 is 2.60 bits per heavy atom. The van der Waals surface area contributed by atoms with Crippen LogP contribution in [0.15, 0.2) is 12.1 Å². The zero-order valence-electron chi connectivity index (χ0n) is 12.2. The van der Waals surface area contributed by atoms with Gasteiger partial charge in [-0.15, -0.1) is 0 Å². The van der Waals surface area contributed by atoms with Gasteiger partial charge in [0.2, 0.25) is 0 Å². The highest BCUT2D eigenvalue weighted by atomic mass is 35.5. The van der Waals surface area contributed by atoms with Gasteiger partial charge < -0.3 is 10.1 Å². The van der Waals surface area contributed by atoms with Crippen LogP contribution in [0, 0.1) is 0 Å². The van der Waals surface area contributed by atoms with Gasteiger partial charge in [-0.2, -0.15) is 0 Å². The molecule has 1 aromatic rings. The average molecular weight is 297 g/mol. The molecule has 5 heteroatoms. The van der Waals surface area contributed by atoms with Crippen LogP contribution < -0.4 is 5.32 Å². The van der Waals surface area contributed by atoms with Gasteiger partial charge in [-0.1, -0.05) is 24.4 Å².